The standard InChI is InChI=1S/C48H49N3O/c1-46(2,3)36-29-39(44(52)40(30-36)47(4,5)6)45-50-43-38(21-16-22-42(43)51(45)9)33-25-34(27-37(26-33)48(7,8)35-19-14-11-15-20-35)41-28-32(23-24-49-41)31-17-12-10-13-18-31/h10-30,52H,1-9H3. The highest BCUT2D eigenvalue weighted by Gasteiger charge is 2.29. The Morgan fingerprint density at radius 1 is 0.538 bits per heavy atom. The summed E-state index contributed by atoms with van der Waals surface area (Å²) in [5.74, 6) is 1.04. The van der Waals surface area contributed by atoms with Gasteiger partial charge in [0.05, 0.1) is 22.3 Å². The smallest absolute Gasteiger partial charge is 0.144 e. The number of hydrogen-bond donors (Lipinski definition) is 1. The molecule has 0 amide bonds. The van der Waals surface area contributed by atoms with Crippen LogP contribution in [0.2, 0.25) is 0 Å². The van der Waals surface area contributed by atoms with Crippen LogP contribution in [0.4, 0.5) is 0 Å². The quantitative estimate of drug-likeness (QED) is 0.190. The number of aryl methyl sites for hydroxylation is 1. The number of phenols is 1. The van der Waals surface area contributed by atoms with Crippen LogP contribution in [0.3, 0.4) is 0 Å². The third-order valence-corrected chi connectivity index (χ3v) is 10.6. The fourth-order valence-electron chi connectivity index (χ4n) is 7.21. The Hall–Kier alpha value is -5.48. The lowest BCUT2D eigenvalue weighted by Crippen LogP contribution is -2.19. The summed E-state index contributed by atoms with van der Waals surface area (Å²) < 4.78 is 2.12. The molecular weight excluding hydrogens is 635 g/mol. The highest BCUT2D eigenvalue weighted by molar-refractivity contribution is 5.96. The number of pyridine rings is 1. The van der Waals surface area contributed by atoms with Gasteiger partial charge in [0.15, 0.2) is 0 Å². The van der Waals surface area contributed by atoms with Crippen molar-refractivity contribution in [3.8, 4) is 50.6 Å². The lowest BCUT2D eigenvalue weighted by molar-refractivity contribution is 0.446. The SMILES string of the molecule is Cn1c(-c2cc(C(C)(C)C)cc(C(C)(C)C)c2O)nc2c(-c3cc(-c4cc(-c5ccccc5)ccn4)cc(C(C)(C)c4ccccc4)c3)cccc21. The maximum atomic E-state index is 11.8. The zero-order valence-electron chi connectivity index (χ0n) is 31.9. The molecule has 0 atom stereocenters. The Kier molecular flexibility index (Phi) is 8.69. The Balaban J connectivity index is 1.46. The highest BCUT2D eigenvalue weighted by atomic mass is 16.3. The van der Waals surface area contributed by atoms with Crippen LogP contribution >= 0.6 is 0 Å². The predicted octanol–water partition coefficient (Wildman–Crippen LogP) is 12.3. The van der Waals surface area contributed by atoms with Crippen molar-refractivity contribution >= 4 is 11.0 Å². The van der Waals surface area contributed by atoms with Crippen LogP contribution in [-0.2, 0) is 23.3 Å². The summed E-state index contributed by atoms with van der Waals surface area (Å²) in [6.45, 7) is 17.7. The van der Waals surface area contributed by atoms with Crippen molar-refractivity contribution in [2.45, 2.75) is 71.6 Å². The van der Waals surface area contributed by atoms with Gasteiger partial charge in [0.1, 0.15) is 11.6 Å². The van der Waals surface area contributed by atoms with Gasteiger partial charge in [-0.1, -0.05) is 140 Å². The molecule has 262 valence electrons. The van der Waals surface area contributed by atoms with Crippen LogP contribution in [0.1, 0.15) is 77.6 Å². The Morgan fingerprint density at radius 3 is 1.88 bits per heavy atom. The number of aromatic nitrogens is 3. The van der Waals surface area contributed by atoms with Crippen LogP contribution in [0.15, 0.2) is 128 Å². The topological polar surface area (TPSA) is 50.9 Å². The minimum absolute atomic E-state index is 0.105. The summed E-state index contributed by atoms with van der Waals surface area (Å²) >= 11 is 0. The van der Waals surface area contributed by atoms with Crippen LogP contribution in [0, 0.1) is 0 Å². The average Bonchev–Trinajstić information content (AvgIpc) is 3.47. The second-order valence-corrected chi connectivity index (χ2v) is 16.7. The molecule has 0 aliphatic carbocycles. The van der Waals surface area contributed by atoms with Crippen molar-refractivity contribution in [3.63, 3.8) is 0 Å². The fourth-order valence-corrected chi connectivity index (χ4v) is 7.21. The molecule has 4 heteroatoms. The minimum Gasteiger partial charge on any atom is -0.507 e. The predicted molar refractivity (Wildman–Crippen MR) is 218 cm³/mol. The van der Waals surface area contributed by atoms with Gasteiger partial charge in [-0.3, -0.25) is 4.98 Å². The molecule has 0 bridgehead atoms. The van der Waals surface area contributed by atoms with E-state index in [9.17, 15) is 5.11 Å². The molecule has 0 saturated heterocycles. The van der Waals surface area contributed by atoms with E-state index < -0.39 is 0 Å². The molecule has 0 spiro atoms. The van der Waals surface area contributed by atoms with Gasteiger partial charge in [-0.2, -0.15) is 0 Å². The Morgan fingerprint density at radius 2 is 1.21 bits per heavy atom. The second kappa shape index (κ2) is 12.9. The summed E-state index contributed by atoms with van der Waals surface area (Å²) in [4.78, 5) is 10.3. The first kappa shape index (κ1) is 34.9. The van der Waals surface area contributed by atoms with Crippen molar-refractivity contribution in [2.24, 2.45) is 7.05 Å². The molecule has 4 nitrogen and oxygen atoms in total. The van der Waals surface area contributed by atoms with Gasteiger partial charge < -0.3 is 9.67 Å². The fraction of sp³-hybridized carbons (Fsp3) is 0.250. The second-order valence-electron chi connectivity index (χ2n) is 16.7. The summed E-state index contributed by atoms with van der Waals surface area (Å²) in [7, 11) is 2.05. The van der Waals surface area contributed by atoms with Crippen molar-refractivity contribution in [1.29, 1.82) is 0 Å². The first-order chi connectivity index (χ1) is 24.6. The van der Waals surface area contributed by atoms with Gasteiger partial charge in [0.25, 0.3) is 0 Å². The number of nitrogens with zero attached hydrogens (tertiary/aromatic N) is 3. The number of para-hydroxylation sites is 1. The Labute approximate surface area is 308 Å². The van der Waals surface area contributed by atoms with Crippen molar-refractivity contribution in [2.75, 3.05) is 0 Å². The van der Waals surface area contributed by atoms with Crippen molar-refractivity contribution < 1.29 is 5.11 Å². The van der Waals surface area contributed by atoms with E-state index in [4.69, 9.17) is 9.97 Å². The number of fused-ring (bicyclic) bond motifs is 1. The van der Waals surface area contributed by atoms with Crippen LogP contribution in [-0.4, -0.2) is 19.6 Å². The average molecular weight is 684 g/mol. The molecule has 52 heavy (non-hydrogen) atoms. The lowest BCUT2D eigenvalue weighted by Gasteiger charge is -2.27. The summed E-state index contributed by atoms with van der Waals surface area (Å²) in [5, 5.41) is 11.8. The summed E-state index contributed by atoms with van der Waals surface area (Å²) in [6.07, 6.45) is 1.90. The van der Waals surface area contributed by atoms with Gasteiger partial charge in [-0.05, 0) is 80.6 Å². The Bertz CT molecular complexity index is 2410. The maximum Gasteiger partial charge on any atom is 0.144 e. The van der Waals surface area contributed by atoms with E-state index in [0.29, 0.717) is 5.75 Å². The van der Waals surface area contributed by atoms with E-state index >= 15 is 0 Å². The molecule has 0 unspecified atom stereocenters. The largest absolute Gasteiger partial charge is 0.507 e. The lowest BCUT2D eigenvalue weighted by atomic mass is 9.76. The molecular formula is C48H49N3O. The third kappa shape index (κ3) is 6.43. The highest BCUT2D eigenvalue weighted by Crippen LogP contribution is 2.44. The molecule has 7 rings (SSSR count). The zero-order valence-corrected chi connectivity index (χ0v) is 31.9. The molecule has 0 saturated carbocycles. The molecule has 1 N–H and O–H groups in total. The minimum atomic E-state index is -0.283. The van der Waals surface area contributed by atoms with E-state index in [0.717, 1.165) is 61.5 Å². The monoisotopic (exact) mass is 683 g/mol. The third-order valence-electron chi connectivity index (χ3n) is 10.6. The maximum absolute atomic E-state index is 11.8. The van der Waals surface area contributed by atoms with Crippen LogP contribution in [0.5, 0.6) is 5.75 Å². The zero-order chi connectivity index (χ0) is 37.0. The first-order valence-corrected chi connectivity index (χ1v) is 18.2. The van der Waals surface area contributed by atoms with E-state index in [1.807, 2.05) is 19.3 Å². The molecule has 5 aromatic carbocycles. The number of imidazole rings is 1. The van der Waals surface area contributed by atoms with E-state index in [-0.39, 0.29) is 16.2 Å². The van der Waals surface area contributed by atoms with Crippen molar-refractivity contribution in [3.05, 3.63) is 150 Å². The number of aromatic hydroxyl groups is 1. The summed E-state index contributed by atoms with van der Waals surface area (Å²) in [5.41, 5.74) is 12.9. The molecule has 2 aromatic heterocycles. The summed E-state index contributed by atoms with van der Waals surface area (Å²) in [6, 6.07) is 43.0. The van der Waals surface area contributed by atoms with Gasteiger partial charge in [0.2, 0.25) is 0 Å². The van der Waals surface area contributed by atoms with Gasteiger partial charge in [-0.25, -0.2) is 4.98 Å². The molecule has 0 fully saturated rings. The molecule has 7 aromatic rings. The van der Waals surface area contributed by atoms with E-state index in [2.05, 4.69) is 175 Å². The van der Waals surface area contributed by atoms with Gasteiger partial charge in [-0.15, -0.1) is 0 Å². The molecule has 0 radical (unpaired) electrons. The number of hydrogen-bond acceptors (Lipinski definition) is 3. The van der Waals surface area contributed by atoms with Gasteiger partial charge >= 0.3 is 0 Å². The van der Waals surface area contributed by atoms with E-state index in [1.54, 1.807) is 0 Å². The van der Waals surface area contributed by atoms with E-state index in [1.165, 1.54) is 16.7 Å². The molecule has 0 aliphatic heterocycles. The number of rotatable bonds is 6. The van der Waals surface area contributed by atoms with Gasteiger partial charge in [0, 0.05) is 35.3 Å². The molecule has 2 heterocycles. The normalized spacial score (nSPS) is 12.4. The number of phenolic OH excluding ortho intramolecular Hbond substituents is 1. The van der Waals surface area contributed by atoms with Crippen LogP contribution in [0.25, 0.3) is 55.9 Å². The van der Waals surface area contributed by atoms with Crippen LogP contribution < -0.4 is 0 Å². The van der Waals surface area contributed by atoms with Crippen molar-refractivity contribution in [1.82, 2.24) is 14.5 Å². The number of benzene rings is 5. The molecule has 0 aliphatic rings. The first-order valence-electron chi connectivity index (χ1n) is 18.2.